The molecule has 17 heavy (non-hydrogen) atoms. The van der Waals surface area contributed by atoms with Crippen LogP contribution < -0.4 is 16.4 Å². The van der Waals surface area contributed by atoms with Crippen molar-refractivity contribution in [3.63, 3.8) is 0 Å². The molecule has 0 bridgehead atoms. The van der Waals surface area contributed by atoms with Gasteiger partial charge in [-0.3, -0.25) is 9.59 Å². The van der Waals surface area contributed by atoms with E-state index in [9.17, 15) is 9.59 Å². The Kier molecular flexibility index (Phi) is 7.49. The maximum atomic E-state index is 11.4. The lowest BCUT2D eigenvalue weighted by molar-refractivity contribution is -0.127. The minimum absolute atomic E-state index is 0.0211. The number of nitrogens with zero attached hydrogens (tertiary/aromatic N) is 1. The molecule has 0 aliphatic carbocycles. The van der Waals surface area contributed by atoms with Crippen molar-refractivity contribution in [3.8, 4) is 0 Å². The predicted molar refractivity (Wildman–Crippen MR) is 67.4 cm³/mol. The van der Waals surface area contributed by atoms with Crippen molar-refractivity contribution >= 4 is 11.8 Å². The standard InChI is InChI=1S/C11H24N4O2/c1-8(2)10(12)11(17)14-7-9(16)13-5-6-15(3)4/h8,10H,5-7,12H2,1-4H3,(H,13,16)(H,14,17)/t10-/m0/s1. The molecular formula is C11H24N4O2. The summed E-state index contributed by atoms with van der Waals surface area (Å²) in [5.74, 6) is -0.425. The first kappa shape index (κ1) is 15.9. The van der Waals surface area contributed by atoms with Crippen LogP contribution in [0.4, 0.5) is 0 Å². The average molecular weight is 244 g/mol. The van der Waals surface area contributed by atoms with E-state index in [2.05, 4.69) is 10.6 Å². The van der Waals surface area contributed by atoms with Crippen molar-refractivity contribution in [2.45, 2.75) is 19.9 Å². The highest BCUT2D eigenvalue weighted by Crippen LogP contribution is 1.97. The Morgan fingerprint density at radius 3 is 2.29 bits per heavy atom. The van der Waals surface area contributed by atoms with Crippen LogP contribution in [0.3, 0.4) is 0 Å². The van der Waals surface area contributed by atoms with Gasteiger partial charge in [0.2, 0.25) is 11.8 Å². The molecule has 6 heteroatoms. The number of nitrogens with one attached hydrogen (secondary N) is 2. The molecule has 0 aromatic heterocycles. The van der Waals surface area contributed by atoms with E-state index in [0.29, 0.717) is 6.54 Å². The molecule has 0 aliphatic heterocycles. The zero-order chi connectivity index (χ0) is 13.4. The normalized spacial score (nSPS) is 12.6. The first-order valence-electron chi connectivity index (χ1n) is 5.79. The highest BCUT2D eigenvalue weighted by molar-refractivity contribution is 5.87. The Labute approximate surface area is 103 Å². The summed E-state index contributed by atoms with van der Waals surface area (Å²) in [7, 11) is 3.85. The lowest BCUT2D eigenvalue weighted by Crippen LogP contribution is -2.47. The van der Waals surface area contributed by atoms with Crippen molar-refractivity contribution in [1.82, 2.24) is 15.5 Å². The average Bonchev–Trinajstić information content (AvgIpc) is 2.24. The van der Waals surface area contributed by atoms with Gasteiger partial charge in [-0.2, -0.15) is 0 Å². The summed E-state index contributed by atoms with van der Waals surface area (Å²) in [5.41, 5.74) is 5.64. The fourth-order valence-electron chi connectivity index (χ4n) is 1.07. The zero-order valence-corrected chi connectivity index (χ0v) is 11.1. The summed E-state index contributed by atoms with van der Waals surface area (Å²) in [4.78, 5) is 24.7. The summed E-state index contributed by atoms with van der Waals surface area (Å²) >= 11 is 0. The van der Waals surface area contributed by atoms with E-state index in [1.807, 2.05) is 32.8 Å². The van der Waals surface area contributed by atoms with Gasteiger partial charge in [0.1, 0.15) is 0 Å². The van der Waals surface area contributed by atoms with Crippen LogP contribution in [0.5, 0.6) is 0 Å². The fourth-order valence-corrected chi connectivity index (χ4v) is 1.07. The van der Waals surface area contributed by atoms with Gasteiger partial charge < -0.3 is 21.3 Å². The van der Waals surface area contributed by atoms with Gasteiger partial charge in [0, 0.05) is 13.1 Å². The molecule has 0 heterocycles. The van der Waals surface area contributed by atoms with Crippen LogP contribution in [0.25, 0.3) is 0 Å². The Balaban J connectivity index is 3.73. The van der Waals surface area contributed by atoms with Crippen LogP contribution in [-0.2, 0) is 9.59 Å². The Bertz CT molecular complexity index is 254. The molecule has 1 atom stereocenters. The molecule has 0 saturated carbocycles. The number of rotatable bonds is 7. The SMILES string of the molecule is CC(C)[C@H](N)C(=O)NCC(=O)NCCN(C)C. The highest BCUT2D eigenvalue weighted by Gasteiger charge is 2.17. The van der Waals surface area contributed by atoms with Gasteiger partial charge in [-0.1, -0.05) is 13.8 Å². The summed E-state index contributed by atoms with van der Waals surface area (Å²) in [5, 5.41) is 5.21. The van der Waals surface area contributed by atoms with Crippen molar-refractivity contribution in [2.75, 3.05) is 33.7 Å². The number of hydrogen-bond acceptors (Lipinski definition) is 4. The number of carbonyl (C=O) groups excluding carboxylic acids is 2. The van der Waals surface area contributed by atoms with E-state index in [4.69, 9.17) is 5.73 Å². The molecule has 0 aromatic rings. The third kappa shape index (κ3) is 7.70. The molecule has 0 spiro atoms. The van der Waals surface area contributed by atoms with Gasteiger partial charge in [-0.15, -0.1) is 0 Å². The largest absolute Gasteiger partial charge is 0.353 e. The van der Waals surface area contributed by atoms with Crippen molar-refractivity contribution in [1.29, 1.82) is 0 Å². The fraction of sp³-hybridized carbons (Fsp3) is 0.818. The summed E-state index contributed by atoms with van der Waals surface area (Å²) < 4.78 is 0. The van der Waals surface area contributed by atoms with E-state index in [1.165, 1.54) is 0 Å². The Morgan fingerprint density at radius 1 is 1.24 bits per heavy atom. The maximum Gasteiger partial charge on any atom is 0.239 e. The van der Waals surface area contributed by atoms with E-state index in [1.54, 1.807) is 0 Å². The molecule has 0 rings (SSSR count). The third-order valence-electron chi connectivity index (χ3n) is 2.33. The second kappa shape index (κ2) is 8.03. The van der Waals surface area contributed by atoms with E-state index >= 15 is 0 Å². The lowest BCUT2D eigenvalue weighted by Gasteiger charge is -2.15. The number of likely N-dealkylation sites (N-methyl/N-ethyl adjacent to an activating group) is 1. The minimum Gasteiger partial charge on any atom is -0.353 e. The molecule has 6 nitrogen and oxygen atoms in total. The molecule has 0 unspecified atom stereocenters. The van der Waals surface area contributed by atoms with Crippen LogP contribution >= 0.6 is 0 Å². The number of hydrogen-bond donors (Lipinski definition) is 3. The topological polar surface area (TPSA) is 87.5 Å². The predicted octanol–water partition coefficient (Wildman–Crippen LogP) is -1.24. The molecular weight excluding hydrogens is 220 g/mol. The van der Waals surface area contributed by atoms with Crippen molar-refractivity contribution < 1.29 is 9.59 Å². The molecule has 0 radical (unpaired) electrons. The number of carbonyl (C=O) groups is 2. The van der Waals surface area contributed by atoms with Crippen LogP contribution in [0.15, 0.2) is 0 Å². The van der Waals surface area contributed by atoms with Gasteiger partial charge in [-0.25, -0.2) is 0 Å². The Hall–Kier alpha value is -1.14. The number of amides is 2. The van der Waals surface area contributed by atoms with Crippen molar-refractivity contribution in [3.05, 3.63) is 0 Å². The summed E-state index contributed by atoms with van der Waals surface area (Å²) in [6, 6.07) is -0.565. The van der Waals surface area contributed by atoms with E-state index in [-0.39, 0.29) is 24.3 Å². The first-order valence-corrected chi connectivity index (χ1v) is 5.79. The molecule has 0 fully saturated rings. The summed E-state index contributed by atoms with van der Waals surface area (Å²) in [6.07, 6.45) is 0. The molecule has 0 aliphatic rings. The number of nitrogens with two attached hydrogens (primary N) is 1. The van der Waals surface area contributed by atoms with Gasteiger partial charge in [0.05, 0.1) is 12.6 Å². The molecule has 0 aromatic carbocycles. The summed E-state index contributed by atoms with van der Waals surface area (Å²) in [6.45, 7) is 5.04. The second-order valence-corrected chi connectivity index (χ2v) is 4.64. The Morgan fingerprint density at radius 2 is 1.82 bits per heavy atom. The van der Waals surface area contributed by atoms with Gasteiger partial charge >= 0.3 is 0 Å². The van der Waals surface area contributed by atoms with Gasteiger partial charge in [0.15, 0.2) is 0 Å². The van der Waals surface area contributed by atoms with Crippen LogP contribution in [0, 0.1) is 5.92 Å². The molecule has 100 valence electrons. The van der Waals surface area contributed by atoms with Crippen molar-refractivity contribution in [2.24, 2.45) is 11.7 Å². The molecule has 0 saturated heterocycles. The minimum atomic E-state index is -0.565. The van der Waals surface area contributed by atoms with Crippen LogP contribution in [0.1, 0.15) is 13.8 Å². The molecule has 4 N–H and O–H groups in total. The van der Waals surface area contributed by atoms with Crippen LogP contribution in [-0.4, -0.2) is 56.5 Å². The highest BCUT2D eigenvalue weighted by atomic mass is 16.2. The first-order chi connectivity index (χ1) is 7.84. The quantitative estimate of drug-likeness (QED) is 0.523. The van der Waals surface area contributed by atoms with Crippen LogP contribution in [0.2, 0.25) is 0 Å². The van der Waals surface area contributed by atoms with Gasteiger partial charge in [0.25, 0.3) is 0 Å². The van der Waals surface area contributed by atoms with E-state index < -0.39 is 6.04 Å². The molecule has 2 amide bonds. The van der Waals surface area contributed by atoms with E-state index in [0.717, 1.165) is 6.54 Å². The second-order valence-electron chi connectivity index (χ2n) is 4.64. The smallest absolute Gasteiger partial charge is 0.239 e. The third-order valence-corrected chi connectivity index (χ3v) is 2.33. The van der Waals surface area contributed by atoms with Gasteiger partial charge in [-0.05, 0) is 20.0 Å². The lowest BCUT2D eigenvalue weighted by atomic mass is 10.1. The zero-order valence-electron chi connectivity index (χ0n) is 11.1. The monoisotopic (exact) mass is 244 g/mol. The maximum absolute atomic E-state index is 11.4.